The minimum Gasteiger partial charge on any atom is -0.480 e. The van der Waals surface area contributed by atoms with Gasteiger partial charge in [-0.15, -0.1) is 0 Å². The SMILES string of the molecule is CC(=O)NCC(=O)N[C@@H](C[C@@H]1C=NC=N1)C(=O)NCC(=O)O. The largest absolute Gasteiger partial charge is 0.480 e. The van der Waals surface area contributed by atoms with E-state index < -0.39 is 30.4 Å². The van der Waals surface area contributed by atoms with Gasteiger partial charge in [0.05, 0.1) is 12.6 Å². The Morgan fingerprint density at radius 3 is 2.50 bits per heavy atom. The molecule has 0 aliphatic carbocycles. The van der Waals surface area contributed by atoms with Crippen molar-refractivity contribution in [3.63, 3.8) is 0 Å². The van der Waals surface area contributed by atoms with Crippen molar-refractivity contribution in [1.82, 2.24) is 16.0 Å². The second-order valence-corrected chi connectivity index (χ2v) is 4.51. The molecule has 1 rings (SSSR count). The first kappa shape index (κ1) is 17.3. The lowest BCUT2D eigenvalue weighted by Crippen LogP contribution is -2.51. The Labute approximate surface area is 126 Å². The van der Waals surface area contributed by atoms with Crippen molar-refractivity contribution in [3.8, 4) is 0 Å². The Balaban J connectivity index is 2.59. The van der Waals surface area contributed by atoms with Crippen LogP contribution in [0.25, 0.3) is 0 Å². The van der Waals surface area contributed by atoms with Crippen molar-refractivity contribution >= 4 is 36.2 Å². The number of nitrogens with one attached hydrogen (secondary N) is 3. The van der Waals surface area contributed by atoms with Crippen LogP contribution in [-0.4, -0.2) is 66.5 Å². The van der Waals surface area contributed by atoms with E-state index in [1.54, 1.807) is 0 Å². The second kappa shape index (κ2) is 8.49. The number of carbonyl (C=O) groups excluding carboxylic acids is 3. The first-order valence-corrected chi connectivity index (χ1v) is 6.46. The van der Waals surface area contributed by atoms with Gasteiger partial charge in [-0.05, 0) is 0 Å². The Morgan fingerprint density at radius 2 is 1.95 bits per heavy atom. The van der Waals surface area contributed by atoms with Crippen LogP contribution >= 0.6 is 0 Å². The molecule has 2 atom stereocenters. The quantitative estimate of drug-likeness (QED) is 0.397. The second-order valence-electron chi connectivity index (χ2n) is 4.51. The molecule has 0 bridgehead atoms. The molecular weight excluding hydrogens is 294 g/mol. The maximum Gasteiger partial charge on any atom is 0.322 e. The van der Waals surface area contributed by atoms with Crippen LogP contribution in [0.5, 0.6) is 0 Å². The van der Waals surface area contributed by atoms with Crippen LogP contribution < -0.4 is 16.0 Å². The molecule has 0 spiro atoms. The van der Waals surface area contributed by atoms with E-state index in [0.29, 0.717) is 0 Å². The molecule has 1 heterocycles. The summed E-state index contributed by atoms with van der Waals surface area (Å²) in [5, 5.41) is 15.5. The third kappa shape index (κ3) is 6.59. The van der Waals surface area contributed by atoms with Gasteiger partial charge >= 0.3 is 5.97 Å². The van der Waals surface area contributed by atoms with Gasteiger partial charge in [-0.25, -0.2) is 4.99 Å². The van der Waals surface area contributed by atoms with E-state index >= 15 is 0 Å². The molecule has 1 aliphatic rings. The molecule has 10 heteroatoms. The van der Waals surface area contributed by atoms with Gasteiger partial charge in [-0.3, -0.25) is 24.2 Å². The van der Waals surface area contributed by atoms with E-state index in [1.165, 1.54) is 19.5 Å². The maximum atomic E-state index is 11.9. The average Bonchev–Trinajstić information content (AvgIpc) is 2.94. The Morgan fingerprint density at radius 1 is 1.23 bits per heavy atom. The van der Waals surface area contributed by atoms with Crippen molar-refractivity contribution in [1.29, 1.82) is 0 Å². The molecular formula is C12H17N5O5. The zero-order valence-electron chi connectivity index (χ0n) is 11.9. The van der Waals surface area contributed by atoms with Crippen LogP contribution in [0.2, 0.25) is 0 Å². The van der Waals surface area contributed by atoms with Gasteiger partial charge in [0.1, 0.15) is 18.9 Å². The number of amides is 3. The Kier molecular flexibility index (Phi) is 6.67. The maximum absolute atomic E-state index is 11.9. The third-order valence-electron chi connectivity index (χ3n) is 2.62. The van der Waals surface area contributed by atoms with Gasteiger partial charge in [0.15, 0.2) is 0 Å². The highest BCUT2D eigenvalue weighted by atomic mass is 16.4. The van der Waals surface area contributed by atoms with E-state index in [9.17, 15) is 19.2 Å². The molecule has 120 valence electrons. The summed E-state index contributed by atoms with van der Waals surface area (Å²) in [6, 6.07) is -1.35. The van der Waals surface area contributed by atoms with Crippen LogP contribution in [0, 0.1) is 0 Å². The summed E-state index contributed by atoms with van der Waals surface area (Å²) < 4.78 is 0. The minimum atomic E-state index is -1.20. The lowest BCUT2D eigenvalue weighted by Gasteiger charge is -2.19. The number of nitrogens with zero attached hydrogens (tertiary/aromatic N) is 2. The first-order chi connectivity index (χ1) is 10.4. The van der Waals surface area contributed by atoms with Crippen LogP contribution in [-0.2, 0) is 19.2 Å². The fraction of sp³-hybridized carbons (Fsp3) is 0.500. The monoisotopic (exact) mass is 311 g/mol. The Hall–Kier alpha value is -2.78. The fourth-order valence-electron chi connectivity index (χ4n) is 1.63. The van der Waals surface area contributed by atoms with Crippen LogP contribution in [0.1, 0.15) is 13.3 Å². The normalized spacial score (nSPS) is 16.9. The number of rotatable bonds is 8. The number of aliphatic imine (C=N–C) groups is 2. The van der Waals surface area contributed by atoms with Crippen molar-refractivity contribution in [2.75, 3.05) is 13.1 Å². The van der Waals surface area contributed by atoms with Crippen molar-refractivity contribution in [2.24, 2.45) is 9.98 Å². The van der Waals surface area contributed by atoms with Gasteiger partial charge in [-0.1, -0.05) is 0 Å². The predicted molar refractivity (Wildman–Crippen MR) is 76.6 cm³/mol. The van der Waals surface area contributed by atoms with Crippen molar-refractivity contribution in [3.05, 3.63) is 0 Å². The number of aliphatic carboxylic acids is 1. The van der Waals surface area contributed by atoms with E-state index in [4.69, 9.17) is 5.11 Å². The van der Waals surface area contributed by atoms with Crippen LogP contribution in [0.3, 0.4) is 0 Å². The third-order valence-corrected chi connectivity index (χ3v) is 2.62. The minimum absolute atomic E-state index is 0.136. The smallest absolute Gasteiger partial charge is 0.322 e. The van der Waals surface area contributed by atoms with Crippen LogP contribution in [0.4, 0.5) is 0 Å². The first-order valence-electron chi connectivity index (χ1n) is 6.46. The molecule has 3 amide bonds. The number of hydrogen-bond donors (Lipinski definition) is 4. The summed E-state index contributed by atoms with van der Waals surface area (Å²) in [5.41, 5.74) is 0. The summed E-state index contributed by atoms with van der Waals surface area (Å²) in [4.78, 5) is 52.6. The van der Waals surface area contributed by atoms with Gasteiger partial charge in [0, 0.05) is 19.6 Å². The number of carboxylic acid groups (broad SMARTS) is 1. The highest BCUT2D eigenvalue weighted by Crippen LogP contribution is 2.04. The highest BCUT2D eigenvalue weighted by molar-refractivity contribution is 5.92. The number of hydrogen-bond acceptors (Lipinski definition) is 6. The van der Waals surface area contributed by atoms with E-state index in [-0.39, 0.29) is 24.9 Å². The lowest BCUT2D eigenvalue weighted by molar-refractivity contribution is -0.138. The average molecular weight is 311 g/mol. The zero-order valence-corrected chi connectivity index (χ0v) is 11.9. The van der Waals surface area contributed by atoms with Crippen LogP contribution in [0.15, 0.2) is 9.98 Å². The molecule has 0 aromatic heterocycles. The summed E-state index contributed by atoms with van der Waals surface area (Å²) in [6.45, 7) is 0.424. The van der Waals surface area contributed by atoms with Crippen molar-refractivity contribution < 1.29 is 24.3 Å². The van der Waals surface area contributed by atoms with E-state index in [2.05, 4.69) is 25.9 Å². The predicted octanol–water partition coefficient (Wildman–Crippen LogP) is -2.32. The zero-order chi connectivity index (χ0) is 16.5. The van der Waals surface area contributed by atoms with Gasteiger partial charge < -0.3 is 21.1 Å². The van der Waals surface area contributed by atoms with Gasteiger partial charge in [-0.2, -0.15) is 0 Å². The van der Waals surface area contributed by atoms with Gasteiger partial charge in [0.2, 0.25) is 17.7 Å². The highest BCUT2D eigenvalue weighted by Gasteiger charge is 2.25. The molecule has 10 nitrogen and oxygen atoms in total. The van der Waals surface area contributed by atoms with E-state index in [1.807, 2.05) is 0 Å². The topological polar surface area (TPSA) is 149 Å². The molecule has 0 fully saturated rings. The van der Waals surface area contributed by atoms with Gasteiger partial charge in [0.25, 0.3) is 0 Å². The molecule has 0 aromatic carbocycles. The standard InChI is InChI=1S/C12H17N5O5/c1-7(18)14-4-10(19)17-9(2-8-3-13-6-16-8)12(22)15-5-11(20)21/h3,6,8-9H,2,4-5H2,1H3,(H,14,18)(H,15,22)(H,17,19)(H,20,21)/t8-,9+/m1/s1. The summed E-state index contributed by atoms with van der Waals surface area (Å²) in [5.74, 6) is -2.79. The fourth-order valence-corrected chi connectivity index (χ4v) is 1.63. The number of carbonyl (C=O) groups is 4. The lowest BCUT2D eigenvalue weighted by atomic mass is 10.1. The summed E-state index contributed by atoms with van der Waals surface area (Å²) in [7, 11) is 0. The van der Waals surface area contributed by atoms with Crippen molar-refractivity contribution in [2.45, 2.75) is 25.4 Å². The molecule has 1 aliphatic heterocycles. The molecule has 22 heavy (non-hydrogen) atoms. The molecule has 0 saturated carbocycles. The summed E-state index contributed by atoms with van der Waals surface area (Å²) in [6.07, 6.45) is 2.98. The molecule has 0 saturated heterocycles. The molecule has 0 unspecified atom stereocenters. The molecule has 0 aromatic rings. The molecule has 4 N–H and O–H groups in total. The summed E-state index contributed by atoms with van der Waals surface area (Å²) >= 11 is 0. The molecule has 0 radical (unpaired) electrons. The van der Waals surface area contributed by atoms with E-state index in [0.717, 1.165) is 0 Å². The Bertz CT molecular complexity index is 504. The number of carboxylic acids is 1.